The lowest BCUT2D eigenvalue weighted by Crippen LogP contribution is -2.31. The zero-order valence-electron chi connectivity index (χ0n) is 17.9. The summed E-state index contributed by atoms with van der Waals surface area (Å²) in [6.07, 6.45) is -2.82. The van der Waals surface area contributed by atoms with Gasteiger partial charge in [-0.25, -0.2) is 4.79 Å². The van der Waals surface area contributed by atoms with E-state index in [4.69, 9.17) is 16.3 Å². The lowest BCUT2D eigenvalue weighted by atomic mass is 9.97. The summed E-state index contributed by atoms with van der Waals surface area (Å²) < 4.78 is 5.47. The number of aliphatic hydroxyl groups is 3. The summed E-state index contributed by atoms with van der Waals surface area (Å²) in [7, 11) is 0. The third kappa shape index (κ3) is 5.04. The van der Waals surface area contributed by atoms with Crippen LogP contribution in [-0.2, 0) is 11.3 Å². The summed E-state index contributed by atoms with van der Waals surface area (Å²) >= 11 is 5.91. The van der Waals surface area contributed by atoms with Crippen LogP contribution in [0.1, 0.15) is 40.7 Å². The van der Waals surface area contributed by atoms with Gasteiger partial charge in [-0.1, -0.05) is 66.2 Å². The van der Waals surface area contributed by atoms with Crippen molar-refractivity contribution in [1.29, 1.82) is 0 Å². The van der Waals surface area contributed by atoms with Gasteiger partial charge in [-0.2, -0.15) is 0 Å². The van der Waals surface area contributed by atoms with E-state index in [1.807, 2.05) is 24.3 Å². The number of hydrogen-bond acceptors (Lipinski definition) is 5. The van der Waals surface area contributed by atoms with Gasteiger partial charge in [-0.05, 0) is 51.9 Å². The number of nitrogens with one attached hydrogen (secondary N) is 1. The van der Waals surface area contributed by atoms with Crippen LogP contribution in [0.4, 0.5) is 4.79 Å². The Labute approximate surface area is 197 Å². The van der Waals surface area contributed by atoms with Crippen LogP contribution in [0.5, 0.6) is 0 Å². The molecule has 33 heavy (non-hydrogen) atoms. The first-order chi connectivity index (χ1) is 16.0. The van der Waals surface area contributed by atoms with Crippen molar-refractivity contribution < 1.29 is 24.9 Å². The van der Waals surface area contributed by atoms with Gasteiger partial charge in [0.05, 0.1) is 12.7 Å². The van der Waals surface area contributed by atoms with E-state index in [1.54, 1.807) is 18.2 Å². The molecule has 7 heteroatoms. The van der Waals surface area contributed by atoms with Gasteiger partial charge in [0, 0.05) is 17.5 Å². The van der Waals surface area contributed by atoms with Crippen LogP contribution in [0, 0.1) is 0 Å². The van der Waals surface area contributed by atoms with E-state index < -0.39 is 18.3 Å². The van der Waals surface area contributed by atoms with Crippen LogP contribution in [0.25, 0.3) is 11.1 Å². The van der Waals surface area contributed by atoms with Crippen molar-refractivity contribution >= 4 is 17.7 Å². The molecule has 4 N–H and O–H groups in total. The maximum absolute atomic E-state index is 12.3. The highest BCUT2D eigenvalue weighted by molar-refractivity contribution is 6.30. The molecule has 0 fully saturated rings. The highest BCUT2D eigenvalue weighted by atomic mass is 35.5. The van der Waals surface area contributed by atoms with Crippen LogP contribution >= 0.6 is 11.6 Å². The van der Waals surface area contributed by atoms with E-state index in [9.17, 15) is 20.1 Å². The highest BCUT2D eigenvalue weighted by Gasteiger charge is 2.29. The van der Waals surface area contributed by atoms with Gasteiger partial charge in [-0.15, -0.1) is 0 Å². The summed E-state index contributed by atoms with van der Waals surface area (Å²) in [5, 5.41) is 33.3. The number of hydrogen-bond donors (Lipinski definition) is 4. The Morgan fingerprint density at radius 3 is 2.27 bits per heavy atom. The summed E-state index contributed by atoms with van der Waals surface area (Å²) in [6.45, 7) is 0.0181. The molecule has 6 nitrogen and oxygen atoms in total. The van der Waals surface area contributed by atoms with Crippen molar-refractivity contribution in [3.63, 3.8) is 0 Å². The molecule has 1 aliphatic carbocycles. The maximum atomic E-state index is 12.3. The number of carbonyl (C=O) groups excluding carboxylic acids is 1. The van der Waals surface area contributed by atoms with E-state index in [0.29, 0.717) is 16.1 Å². The number of benzene rings is 3. The number of rotatable bonds is 8. The predicted molar refractivity (Wildman–Crippen MR) is 126 cm³/mol. The molecule has 2 unspecified atom stereocenters. The van der Waals surface area contributed by atoms with E-state index in [-0.39, 0.29) is 32.1 Å². The molecule has 0 aromatic heterocycles. The number of carbonyl (C=O) groups is 1. The topological polar surface area (TPSA) is 99.0 Å². The largest absolute Gasteiger partial charge is 0.449 e. The van der Waals surface area contributed by atoms with Crippen molar-refractivity contribution in [2.24, 2.45) is 0 Å². The summed E-state index contributed by atoms with van der Waals surface area (Å²) in [4.78, 5) is 12.3. The van der Waals surface area contributed by atoms with Crippen molar-refractivity contribution in [3.8, 4) is 11.1 Å². The Kier molecular flexibility index (Phi) is 7.30. The summed E-state index contributed by atoms with van der Waals surface area (Å²) in [5.74, 6) is -0.0302. The van der Waals surface area contributed by atoms with Crippen LogP contribution in [0.3, 0.4) is 0 Å². The molecule has 2 atom stereocenters. The number of ether oxygens (including phenoxy) is 1. The monoisotopic (exact) mass is 467 g/mol. The van der Waals surface area contributed by atoms with Gasteiger partial charge in [0.15, 0.2) is 0 Å². The smallest absolute Gasteiger partial charge is 0.407 e. The lowest BCUT2D eigenvalue weighted by molar-refractivity contribution is 0.0126. The van der Waals surface area contributed by atoms with Crippen molar-refractivity contribution in [2.75, 3.05) is 13.2 Å². The molecule has 172 valence electrons. The van der Waals surface area contributed by atoms with Crippen LogP contribution in [0.15, 0.2) is 66.7 Å². The third-order valence-corrected chi connectivity index (χ3v) is 6.25. The van der Waals surface area contributed by atoms with Crippen LogP contribution < -0.4 is 5.32 Å². The molecule has 0 spiro atoms. The number of alkyl carbamates (subject to hydrolysis) is 1. The first-order valence-electron chi connectivity index (χ1n) is 10.8. The van der Waals surface area contributed by atoms with Crippen LogP contribution in [-0.4, -0.2) is 40.7 Å². The van der Waals surface area contributed by atoms with Gasteiger partial charge in [0.2, 0.25) is 0 Å². The molecule has 0 saturated heterocycles. The SMILES string of the molecule is O=C(NCCC(O)C(O)c1ccc(Cl)cc1CO)OCC1c2ccccc2-c2ccccc21. The Morgan fingerprint density at radius 2 is 1.64 bits per heavy atom. The Morgan fingerprint density at radius 1 is 1.00 bits per heavy atom. The molecule has 1 amide bonds. The second kappa shape index (κ2) is 10.4. The van der Waals surface area contributed by atoms with Crippen LogP contribution in [0.2, 0.25) is 5.02 Å². The molecule has 0 aliphatic heterocycles. The molecular weight excluding hydrogens is 442 g/mol. The maximum Gasteiger partial charge on any atom is 0.407 e. The predicted octanol–water partition coefficient (Wildman–Crippen LogP) is 4.16. The Bertz CT molecular complexity index is 1090. The summed E-state index contributed by atoms with van der Waals surface area (Å²) in [6, 6.07) is 20.9. The van der Waals surface area contributed by atoms with Gasteiger partial charge in [-0.3, -0.25) is 0 Å². The Balaban J connectivity index is 1.29. The van der Waals surface area contributed by atoms with Crippen molar-refractivity contribution in [3.05, 3.63) is 94.0 Å². The first-order valence-corrected chi connectivity index (χ1v) is 11.2. The van der Waals surface area contributed by atoms with E-state index >= 15 is 0 Å². The lowest BCUT2D eigenvalue weighted by Gasteiger charge is -2.21. The molecule has 0 heterocycles. The second-order valence-corrected chi connectivity index (χ2v) is 8.49. The zero-order chi connectivity index (χ0) is 23.4. The number of halogens is 1. The van der Waals surface area contributed by atoms with Gasteiger partial charge >= 0.3 is 6.09 Å². The van der Waals surface area contributed by atoms with Crippen molar-refractivity contribution in [2.45, 2.75) is 31.2 Å². The molecule has 0 radical (unpaired) electrons. The number of aliphatic hydroxyl groups excluding tert-OH is 3. The minimum atomic E-state index is -1.21. The molecule has 1 aliphatic rings. The number of fused-ring (bicyclic) bond motifs is 3. The van der Waals surface area contributed by atoms with E-state index in [2.05, 4.69) is 29.6 Å². The van der Waals surface area contributed by atoms with Crippen molar-refractivity contribution in [1.82, 2.24) is 5.32 Å². The van der Waals surface area contributed by atoms with E-state index in [1.165, 1.54) is 0 Å². The standard InChI is InChI=1S/C26H26ClNO5/c27-17-9-10-18(16(13-17)14-29)25(31)24(30)11-12-28-26(32)33-15-23-21-7-3-1-5-19(21)20-6-2-4-8-22(20)23/h1-10,13,23-25,29-31H,11-12,14-15H2,(H,28,32). The second-order valence-electron chi connectivity index (χ2n) is 8.05. The average molecular weight is 468 g/mol. The fourth-order valence-electron chi connectivity index (χ4n) is 4.34. The fraction of sp³-hybridized carbons (Fsp3) is 0.269. The molecule has 3 aromatic rings. The average Bonchev–Trinajstić information content (AvgIpc) is 3.16. The Hall–Kier alpha value is -2.90. The third-order valence-electron chi connectivity index (χ3n) is 6.01. The minimum Gasteiger partial charge on any atom is -0.449 e. The first kappa shape index (κ1) is 23.3. The molecule has 3 aromatic carbocycles. The van der Waals surface area contributed by atoms with Gasteiger partial charge < -0.3 is 25.4 Å². The molecule has 0 bridgehead atoms. The summed E-state index contributed by atoms with van der Waals surface area (Å²) in [5.41, 5.74) is 5.42. The molecular formula is C26H26ClNO5. The van der Waals surface area contributed by atoms with E-state index in [0.717, 1.165) is 22.3 Å². The van der Waals surface area contributed by atoms with Gasteiger partial charge in [0.25, 0.3) is 0 Å². The minimum absolute atomic E-state index is 0.0302. The van der Waals surface area contributed by atoms with Gasteiger partial charge in [0.1, 0.15) is 12.7 Å². The fourth-order valence-corrected chi connectivity index (χ4v) is 4.53. The normalized spacial score (nSPS) is 14.3. The molecule has 4 rings (SSSR count). The highest BCUT2D eigenvalue weighted by Crippen LogP contribution is 2.44. The quantitative estimate of drug-likeness (QED) is 0.399. The number of amides is 1. The molecule has 0 saturated carbocycles. The zero-order valence-corrected chi connectivity index (χ0v) is 18.7.